The Morgan fingerprint density at radius 1 is 1.00 bits per heavy atom. The molecule has 30 heavy (non-hydrogen) atoms. The summed E-state index contributed by atoms with van der Waals surface area (Å²) in [6, 6.07) is 14.5. The summed E-state index contributed by atoms with van der Waals surface area (Å²) in [7, 11) is 0. The van der Waals surface area contributed by atoms with Crippen LogP contribution in [0.15, 0.2) is 58.1 Å². The second-order valence-corrected chi connectivity index (χ2v) is 8.02. The molecule has 0 saturated carbocycles. The number of nitrogens with zero attached hydrogens (tertiary/aromatic N) is 2. The van der Waals surface area contributed by atoms with Crippen LogP contribution in [0.3, 0.4) is 0 Å². The Bertz CT molecular complexity index is 1160. The maximum atomic E-state index is 13.2. The van der Waals surface area contributed by atoms with Crippen LogP contribution < -0.4 is 16.6 Å². The second kappa shape index (κ2) is 9.76. The van der Waals surface area contributed by atoms with Crippen molar-refractivity contribution in [3.8, 4) is 0 Å². The van der Waals surface area contributed by atoms with Crippen molar-refractivity contribution in [1.82, 2.24) is 14.5 Å². The van der Waals surface area contributed by atoms with Crippen molar-refractivity contribution < 1.29 is 4.79 Å². The molecule has 7 heteroatoms. The second-order valence-electron chi connectivity index (χ2n) is 7.61. The van der Waals surface area contributed by atoms with Crippen molar-refractivity contribution in [2.24, 2.45) is 0 Å². The lowest BCUT2D eigenvalue weighted by molar-refractivity contribution is -0.121. The van der Waals surface area contributed by atoms with E-state index in [9.17, 15) is 14.4 Å². The van der Waals surface area contributed by atoms with Gasteiger partial charge in [-0.05, 0) is 50.5 Å². The van der Waals surface area contributed by atoms with Crippen molar-refractivity contribution in [1.29, 1.82) is 0 Å². The van der Waals surface area contributed by atoms with Crippen LogP contribution >= 0.6 is 11.6 Å². The number of rotatable bonds is 8. The Morgan fingerprint density at radius 2 is 1.70 bits per heavy atom. The number of carbonyl (C=O) groups is 1. The first kappa shape index (κ1) is 21.8. The van der Waals surface area contributed by atoms with Gasteiger partial charge in [0.1, 0.15) is 0 Å². The molecular weight excluding hydrogens is 402 g/mol. The van der Waals surface area contributed by atoms with Crippen molar-refractivity contribution in [3.63, 3.8) is 0 Å². The molecule has 0 aliphatic rings. The van der Waals surface area contributed by atoms with Gasteiger partial charge in [-0.25, -0.2) is 4.79 Å². The van der Waals surface area contributed by atoms with Gasteiger partial charge in [0.25, 0.3) is 5.56 Å². The normalized spacial score (nSPS) is 11.2. The van der Waals surface area contributed by atoms with E-state index in [0.29, 0.717) is 35.2 Å². The fourth-order valence-electron chi connectivity index (χ4n) is 3.47. The molecule has 6 nitrogen and oxygen atoms in total. The Balaban J connectivity index is 1.90. The van der Waals surface area contributed by atoms with E-state index in [2.05, 4.69) is 5.32 Å². The van der Waals surface area contributed by atoms with Gasteiger partial charge in [0.05, 0.1) is 17.4 Å². The maximum Gasteiger partial charge on any atom is 0.331 e. The van der Waals surface area contributed by atoms with Crippen molar-refractivity contribution in [2.75, 3.05) is 0 Å². The van der Waals surface area contributed by atoms with Crippen LogP contribution in [0.1, 0.15) is 38.7 Å². The van der Waals surface area contributed by atoms with Gasteiger partial charge in [0.15, 0.2) is 0 Å². The van der Waals surface area contributed by atoms with E-state index in [1.807, 2.05) is 38.1 Å². The Kier molecular flexibility index (Phi) is 7.11. The van der Waals surface area contributed by atoms with Gasteiger partial charge < -0.3 is 5.32 Å². The highest BCUT2D eigenvalue weighted by atomic mass is 35.5. The monoisotopic (exact) mass is 427 g/mol. The smallest absolute Gasteiger partial charge is 0.331 e. The van der Waals surface area contributed by atoms with Crippen LogP contribution in [0.5, 0.6) is 0 Å². The lowest BCUT2D eigenvalue weighted by atomic mass is 10.2. The van der Waals surface area contributed by atoms with E-state index in [-0.39, 0.29) is 36.3 Å². The van der Waals surface area contributed by atoms with Gasteiger partial charge in [-0.15, -0.1) is 0 Å². The van der Waals surface area contributed by atoms with Gasteiger partial charge in [0, 0.05) is 24.0 Å². The van der Waals surface area contributed by atoms with Crippen LogP contribution in [0.2, 0.25) is 5.02 Å². The molecule has 0 bridgehead atoms. The number of aromatic nitrogens is 2. The molecule has 2 aromatic carbocycles. The molecule has 0 unspecified atom stereocenters. The first-order valence-electron chi connectivity index (χ1n) is 10.1. The molecule has 3 rings (SSSR count). The lowest BCUT2D eigenvalue weighted by Gasteiger charge is -2.15. The summed E-state index contributed by atoms with van der Waals surface area (Å²) in [6.45, 7) is 4.36. The highest BCUT2D eigenvalue weighted by Crippen LogP contribution is 2.17. The Labute approximate surface area is 180 Å². The quantitative estimate of drug-likeness (QED) is 0.558. The molecule has 0 aliphatic carbocycles. The molecule has 0 fully saturated rings. The zero-order chi connectivity index (χ0) is 21.7. The number of halogens is 1. The van der Waals surface area contributed by atoms with Gasteiger partial charge >= 0.3 is 5.69 Å². The number of unbranched alkanes of at least 4 members (excludes halogenated alkanes) is 1. The molecule has 0 radical (unpaired) electrons. The molecule has 158 valence electrons. The standard InChI is InChI=1S/C23H26ClN3O3/c1-16(2)25-21(28)13-7-8-14-26-22(29)18-10-4-6-12-20(18)27(23(26)30)15-17-9-3-5-11-19(17)24/h3-6,9-12,16H,7-8,13-15H2,1-2H3,(H,25,28). The fraction of sp³-hybridized carbons (Fsp3) is 0.348. The summed E-state index contributed by atoms with van der Waals surface area (Å²) in [6.07, 6.45) is 1.53. The van der Waals surface area contributed by atoms with Gasteiger partial charge in [-0.3, -0.25) is 18.7 Å². The van der Waals surface area contributed by atoms with Crippen LogP contribution in [0.4, 0.5) is 0 Å². The van der Waals surface area contributed by atoms with Crippen LogP contribution in [0, 0.1) is 0 Å². The number of benzene rings is 2. The third-order valence-electron chi connectivity index (χ3n) is 4.90. The highest BCUT2D eigenvalue weighted by molar-refractivity contribution is 6.31. The molecule has 0 aliphatic heterocycles. The van der Waals surface area contributed by atoms with Crippen molar-refractivity contribution >= 4 is 28.4 Å². The number of para-hydroxylation sites is 1. The predicted molar refractivity (Wildman–Crippen MR) is 120 cm³/mol. The maximum absolute atomic E-state index is 13.2. The molecule has 3 aromatic rings. The predicted octanol–water partition coefficient (Wildman–Crippen LogP) is 3.56. The van der Waals surface area contributed by atoms with Gasteiger partial charge in [-0.2, -0.15) is 0 Å². The number of carbonyl (C=O) groups excluding carboxylic acids is 1. The summed E-state index contributed by atoms with van der Waals surface area (Å²) in [5.41, 5.74) is 0.713. The molecule has 1 N–H and O–H groups in total. The number of hydrogen-bond donors (Lipinski definition) is 1. The third-order valence-corrected chi connectivity index (χ3v) is 5.27. The van der Waals surface area contributed by atoms with E-state index in [1.54, 1.807) is 28.8 Å². The first-order chi connectivity index (χ1) is 14.4. The van der Waals surface area contributed by atoms with Crippen LogP contribution in [-0.4, -0.2) is 21.1 Å². The zero-order valence-electron chi connectivity index (χ0n) is 17.2. The van der Waals surface area contributed by atoms with Crippen LogP contribution in [0.25, 0.3) is 10.9 Å². The molecule has 1 amide bonds. The molecule has 1 aromatic heterocycles. The minimum absolute atomic E-state index is 0.0213. The Hall–Kier alpha value is -2.86. The highest BCUT2D eigenvalue weighted by Gasteiger charge is 2.14. The summed E-state index contributed by atoms with van der Waals surface area (Å²) in [4.78, 5) is 37.9. The Morgan fingerprint density at radius 3 is 2.43 bits per heavy atom. The number of hydrogen-bond acceptors (Lipinski definition) is 3. The van der Waals surface area contributed by atoms with E-state index >= 15 is 0 Å². The van der Waals surface area contributed by atoms with E-state index in [1.165, 1.54) is 4.57 Å². The SMILES string of the molecule is CC(C)NC(=O)CCCCn1c(=O)c2ccccc2n(Cc2ccccc2Cl)c1=O. The summed E-state index contributed by atoms with van der Waals surface area (Å²) >= 11 is 6.29. The number of nitrogens with one attached hydrogen (secondary N) is 1. The molecule has 0 spiro atoms. The van der Waals surface area contributed by atoms with Gasteiger partial charge in [-0.1, -0.05) is 41.9 Å². The molecular formula is C23H26ClN3O3. The first-order valence-corrected chi connectivity index (χ1v) is 10.5. The van der Waals surface area contributed by atoms with Crippen LogP contribution in [-0.2, 0) is 17.9 Å². The summed E-state index contributed by atoms with van der Waals surface area (Å²) in [5, 5.41) is 3.90. The number of amides is 1. The lowest BCUT2D eigenvalue weighted by Crippen LogP contribution is -2.40. The van der Waals surface area contributed by atoms with Gasteiger partial charge in [0.2, 0.25) is 5.91 Å². The summed E-state index contributed by atoms with van der Waals surface area (Å²) < 4.78 is 2.85. The molecule has 1 heterocycles. The van der Waals surface area contributed by atoms with E-state index < -0.39 is 0 Å². The number of fused-ring (bicyclic) bond motifs is 1. The molecule has 0 atom stereocenters. The zero-order valence-corrected chi connectivity index (χ0v) is 18.0. The minimum Gasteiger partial charge on any atom is -0.354 e. The minimum atomic E-state index is -0.370. The van der Waals surface area contributed by atoms with Crippen molar-refractivity contribution in [3.05, 3.63) is 80.0 Å². The largest absolute Gasteiger partial charge is 0.354 e. The summed E-state index contributed by atoms with van der Waals surface area (Å²) in [5.74, 6) is -0.0213. The van der Waals surface area contributed by atoms with E-state index in [4.69, 9.17) is 11.6 Å². The average molecular weight is 428 g/mol. The third kappa shape index (κ3) is 5.00. The van der Waals surface area contributed by atoms with E-state index in [0.717, 1.165) is 5.56 Å². The van der Waals surface area contributed by atoms with Crippen molar-refractivity contribution in [2.45, 2.75) is 52.2 Å². The average Bonchev–Trinajstić information content (AvgIpc) is 2.71. The topological polar surface area (TPSA) is 73.1 Å². The molecule has 0 saturated heterocycles. The fourth-order valence-corrected chi connectivity index (χ4v) is 3.66.